The Hall–Kier alpha value is -4.39. The molecule has 4 atom stereocenters. The molecule has 2 N–H and O–H groups in total. The summed E-state index contributed by atoms with van der Waals surface area (Å²) in [6, 6.07) is 22.6. The number of amides is 1. The first-order valence-corrected chi connectivity index (χ1v) is 18.6. The number of rotatable bonds is 9. The van der Waals surface area contributed by atoms with E-state index in [0.717, 1.165) is 5.56 Å². The van der Waals surface area contributed by atoms with E-state index in [1.165, 1.54) is 4.68 Å². The number of anilines is 1. The van der Waals surface area contributed by atoms with Gasteiger partial charge in [0.05, 0.1) is 40.6 Å². The second-order valence-electron chi connectivity index (χ2n) is 12.9. The Labute approximate surface area is 266 Å². The standard InChI is InChI=1S/C34H37FN6O4Si/c1-22-31(46(2,3)35)30(15-17-39-21-24(16-18-42)36-38-39)45-34(22)27-19-25(41-32(43)26-11-7-8-12-28(26)37-41)13-14-29(27)40(33(34)44)20-23-9-5-4-6-10-23/h4-14,19,21-22,30-31,37,42H,15-18,20H2,1-3H3/t22-,30+,31-,34+/m0/s1. The van der Waals surface area contributed by atoms with Crippen molar-refractivity contribution in [2.24, 2.45) is 5.92 Å². The molecule has 0 saturated carbocycles. The van der Waals surface area contributed by atoms with Crippen LogP contribution in [0.25, 0.3) is 16.6 Å². The largest absolute Gasteiger partial charge is 0.396 e. The van der Waals surface area contributed by atoms with Crippen molar-refractivity contribution in [3.05, 3.63) is 106 Å². The SMILES string of the molecule is C[C@H]1[C@H]([Si](C)(C)F)[C@@H](CCn2cc(CCO)nn2)O[C@]12C(=O)N(Cc1ccccc1)c1ccc(-n3[nH]c4ccccc4c3=O)cc12. The average molecular weight is 641 g/mol. The number of nitrogens with zero attached hydrogens (tertiary/aromatic N) is 5. The molecule has 238 valence electrons. The molecule has 2 aromatic heterocycles. The van der Waals surface area contributed by atoms with Gasteiger partial charge in [0.2, 0.25) is 8.41 Å². The van der Waals surface area contributed by atoms with Crippen molar-refractivity contribution in [1.29, 1.82) is 0 Å². The van der Waals surface area contributed by atoms with Crippen LogP contribution in [0.3, 0.4) is 0 Å². The number of carbonyl (C=O) groups is 1. The van der Waals surface area contributed by atoms with E-state index in [1.807, 2.05) is 73.7 Å². The van der Waals surface area contributed by atoms with Crippen LogP contribution >= 0.6 is 0 Å². The van der Waals surface area contributed by atoms with E-state index in [0.29, 0.717) is 59.5 Å². The Balaban J connectivity index is 1.33. The number of aliphatic hydroxyl groups is 1. The third-order valence-electron chi connectivity index (χ3n) is 9.58. The Morgan fingerprint density at radius 2 is 1.83 bits per heavy atom. The molecule has 3 aromatic carbocycles. The van der Waals surface area contributed by atoms with Crippen LogP contribution in [0.4, 0.5) is 9.80 Å². The van der Waals surface area contributed by atoms with Gasteiger partial charge in [-0.3, -0.25) is 19.4 Å². The highest BCUT2D eigenvalue weighted by atomic mass is 28.4. The maximum absolute atomic E-state index is 16.3. The number of aliphatic hydroxyl groups excluding tert-OH is 1. The van der Waals surface area contributed by atoms with Crippen molar-refractivity contribution in [2.75, 3.05) is 11.5 Å². The highest BCUT2D eigenvalue weighted by Gasteiger charge is 2.66. The summed E-state index contributed by atoms with van der Waals surface area (Å²) in [5, 5.41) is 21.3. The summed E-state index contributed by atoms with van der Waals surface area (Å²) in [5.41, 5.74) is 2.11. The summed E-state index contributed by atoms with van der Waals surface area (Å²) in [6.45, 7) is 6.02. The van der Waals surface area contributed by atoms with E-state index in [1.54, 1.807) is 34.9 Å². The van der Waals surface area contributed by atoms with Gasteiger partial charge in [-0.25, -0.2) is 4.68 Å². The van der Waals surface area contributed by atoms with Gasteiger partial charge in [-0.1, -0.05) is 54.6 Å². The first-order chi connectivity index (χ1) is 22.1. The number of aromatic amines is 1. The number of fused-ring (bicyclic) bond motifs is 3. The first-order valence-electron chi connectivity index (χ1n) is 15.7. The first kappa shape index (κ1) is 30.3. The summed E-state index contributed by atoms with van der Waals surface area (Å²) >= 11 is 0. The second kappa shape index (κ2) is 11.4. The molecular formula is C34H37FN6O4Si. The monoisotopic (exact) mass is 640 g/mol. The molecule has 2 aliphatic rings. The highest BCUT2D eigenvalue weighted by Crippen LogP contribution is 2.60. The fraction of sp³-hybridized carbons (Fsp3) is 0.353. The Kier molecular flexibility index (Phi) is 7.53. The van der Waals surface area contributed by atoms with Crippen LogP contribution in [0.2, 0.25) is 18.6 Å². The number of carbonyl (C=O) groups excluding carboxylic acids is 1. The van der Waals surface area contributed by atoms with E-state index in [2.05, 4.69) is 15.4 Å². The lowest BCUT2D eigenvalue weighted by molar-refractivity contribution is -0.146. The maximum atomic E-state index is 16.3. The average Bonchev–Trinajstić information content (AvgIpc) is 3.77. The number of benzene rings is 3. The van der Waals surface area contributed by atoms with Gasteiger partial charge in [0.1, 0.15) is 0 Å². The van der Waals surface area contributed by atoms with Gasteiger partial charge >= 0.3 is 0 Å². The van der Waals surface area contributed by atoms with Crippen LogP contribution in [0.1, 0.15) is 30.2 Å². The summed E-state index contributed by atoms with van der Waals surface area (Å²) < 4.78 is 26.4. The summed E-state index contributed by atoms with van der Waals surface area (Å²) in [6.07, 6.45) is 2.05. The summed E-state index contributed by atoms with van der Waals surface area (Å²) in [7, 11) is -3.38. The van der Waals surface area contributed by atoms with Crippen molar-refractivity contribution in [1.82, 2.24) is 24.8 Å². The molecular weight excluding hydrogens is 603 g/mol. The number of aromatic nitrogens is 5. The minimum Gasteiger partial charge on any atom is -0.396 e. The normalized spacial score (nSPS) is 22.8. The number of halogens is 1. The van der Waals surface area contributed by atoms with Crippen LogP contribution < -0.4 is 10.5 Å². The zero-order chi connectivity index (χ0) is 32.2. The minimum atomic E-state index is -3.38. The Bertz CT molecular complexity index is 1970. The van der Waals surface area contributed by atoms with Gasteiger partial charge in [-0.2, -0.15) is 0 Å². The van der Waals surface area contributed by atoms with E-state index in [9.17, 15) is 14.7 Å². The van der Waals surface area contributed by atoms with Crippen molar-refractivity contribution in [2.45, 2.75) is 63.2 Å². The molecule has 10 nitrogen and oxygen atoms in total. The number of ether oxygens (including phenoxy) is 1. The highest BCUT2D eigenvalue weighted by molar-refractivity contribution is 6.72. The van der Waals surface area contributed by atoms with Crippen LogP contribution in [-0.2, 0) is 34.6 Å². The van der Waals surface area contributed by atoms with Crippen molar-refractivity contribution < 1.29 is 18.7 Å². The molecule has 5 aromatic rings. The predicted octanol–water partition coefficient (Wildman–Crippen LogP) is 4.86. The molecule has 1 fully saturated rings. The topological polar surface area (TPSA) is 118 Å². The molecule has 4 heterocycles. The number of hydrogen-bond donors (Lipinski definition) is 2. The van der Waals surface area contributed by atoms with Crippen LogP contribution in [-0.4, -0.2) is 56.9 Å². The number of hydrogen-bond acceptors (Lipinski definition) is 6. The fourth-order valence-electron chi connectivity index (χ4n) is 7.54. The zero-order valence-electron chi connectivity index (χ0n) is 26.1. The third-order valence-corrected chi connectivity index (χ3v) is 12.0. The van der Waals surface area contributed by atoms with Gasteiger partial charge in [0.15, 0.2) is 5.60 Å². The third kappa shape index (κ3) is 4.91. The van der Waals surface area contributed by atoms with Crippen LogP contribution in [0.5, 0.6) is 0 Å². The van der Waals surface area contributed by atoms with E-state index in [-0.39, 0.29) is 18.1 Å². The molecule has 1 amide bonds. The van der Waals surface area contributed by atoms with Crippen molar-refractivity contribution in [3.63, 3.8) is 0 Å². The Morgan fingerprint density at radius 3 is 2.57 bits per heavy atom. The number of H-pyrrole nitrogens is 1. The van der Waals surface area contributed by atoms with Crippen LogP contribution in [0, 0.1) is 5.92 Å². The molecule has 1 spiro atoms. The molecule has 0 bridgehead atoms. The lowest BCUT2D eigenvalue weighted by Gasteiger charge is -2.31. The number of aryl methyl sites for hydroxylation is 1. The molecule has 1 saturated heterocycles. The van der Waals surface area contributed by atoms with Gasteiger partial charge in [0.25, 0.3) is 11.5 Å². The summed E-state index contributed by atoms with van der Waals surface area (Å²) in [5.74, 6) is -0.705. The molecule has 2 aliphatic heterocycles. The van der Waals surface area contributed by atoms with Gasteiger partial charge in [-0.15, -0.1) is 5.10 Å². The molecule has 0 unspecified atom stereocenters. The molecule has 7 rings (SSSR count). The Morgan fingerprint density at radius 1 is 1.07 bits per heavy atom. The fourth-order valence-corrected chi connectivity index (χ4v) is 10.1. The van der Waals surface area contributed by atoms with Gasteiger partial charge in [-0.05, 0) is 55.4 Å². The maximum Gasteiger partial charge on any atom is 0.279 e. The second-order valence-corrected chi connectivity index (χ2v) is 16.7. The number of para-hydroxylation sites is 1. The lowest BCUT2D eigenvalue weighted by atomic mass is 9.82. The lowest BCUT2D eigenvalue weighted by Crippen LogP contribution is -2.45. The quantitative estimate of drug-likeness (QED) is 0.176. The van der Waals surface area contributed by atoms with E-state index in [4.69, 9.17) is 4.74 Å². The van der Waals surface area contributed by atoms with Crippen molar-refractivity contribution >= 4 is 30.9 Å². The zero-order valence-corrected chi connectivity index (χ0v) is 27.1. The molecule has 0 radical (unpaired) electrons. The molecule has 46 heavy (non-hydrogen) atoms. The van der Waals surface area contributed by atoms with E-state index < -0.39 is 31.6 Å². The summed E-state index contributed by atoms with van der Waals surface area (Å²) in [4.78, 5) is 30.0. The smallest absolute Gasteiger partial charge is 0.279 e. The van der Waals surface area contributed by atoms with E-state index >= 15 is 4.11 Å². The number of nitrogens with one attached hydrogen (secondary N) is 1. The van der Waals surface area contributed by atoms with Crippen molar-refractivity contribution in [3.8, 4) is 5.69 Å². The minimum absolute atomic E-state index is 0.0260. The van der Waals surface area contributed by atoms with Crippen LogP contribution in [0.15, 0.2) is 83.8 Å². The predicted molar refractivity (Wildman–Crippen MR) is 175 cm³/mol. The molecule has 0 aliphatic carbocycles. The molecule has 12 heteroatoms. The van der Waals surface area contributed by atoms with Gasteiger partial charge in [0, 0.05) is 42.8 Å². The van der Waals surface area contributed by atoms with Gasteiger partial charge < -0.3 is 18.9 Å².